The summed E-state index contributed by atoms with van der Waals surface area (Å²) in [7, 11) is 1.31. The molecule has 0 bridgehead atoms. The lowest BCUT2D eigenvalue weighted by molar-refractivity contribution is 0.213. The van der Waals surface area contributed by atoms with Crippen LogP contribution < -0.4 is 4.74 Å². The minimum absolute atomic E-state index is 0.0132. The molecule has 0 amide bonds. The molecule has 1 atom stereocenters. The van der Waals surface area contributed by atoms with Crippen LogP contribution in [0, 0.1) is 17.5 Å². The van der Waals surface area contributed by atoms with E-state index in [1.54, 1.807) is 0 Å². The smallest absolute Gasteiger partial charge is 0.141 e. The van der Waals surface area contributed by atoms with Gasteiger partial charge in [0.25, 0.3) is 0 Å². The second-order valence-corrected chi connectivity index (χ2v) is 4.97. The van der Waals surface area contributed by atoms with Crippen molar-refractivity contribution in [2.75, 3.05) is 7.11 Å². The summed E-state index contributed by atoms with van der Waals surface area (Å²) in [5.41, 5.74) is 0.213. The Labute approximate surface area is 121 Å². The molecule has 0 aliphatic carbocycles. The second-order valence-electron chi connectivity index (χ2n) is 4.11. The first kappa shape index (κ1) is 14.9. The molecule has 20 heavy (non-hydrogen) atoms. The maximum absolute atomic E-state index is 13.4. The van der Waals surface area contributed by atoms with Gasteiger partial charge in [0.1, 0.15) is 29.3 Å². The van der Waals surface area contributed by atoms with Gasteiger partial charge in [-0.2, -0.15) is 0 Å². The topological polar surface area (TPSA) is 29.5 Å². The molecule has 2 rings (SSSR count). The molecule has 2 aromatic carbocycles. The number of ether oxygens (including phenoxy) is 1. The molecule has 0 heterocycles. The first-order chi connectivity index (χ1) is 9.42. The lowest BCUT2D eigenvalue weighted by Gasteiger charge is -2.16. The van der Waals surface area contributed by atoms with Gasteiger partial charge >= 0.3 is 0 Å². The normalized spacial score (nSPS) is 12.3. The molecular formula is C14H10BrF3O2. The van der Waals surface area contributed by atoms with Crippen molar-refractivity contribution in [1.29, 1.82) is 0 Å². The van der Waals surface area contributed by atoms with Crippen LogP contribution in [0.5, 0.6) is 5.75 Å². The highest BCUT2D eigenvalue weighted by Crippen LogP contribution is 2.34. The van der Waals surface area contributed by atoms with Gasteiger partial charge in [0.05, 0.1) is 11.6 Å². The summed E-state index contributed by atoms with van der Waals surface area (Å²) in [6, 6.07) is 5.10. The van der Waals surface area contributed by atoms with E-state index in [1.807, 2.05) is 0 Å². The number of benzene rings is 2. The zero-order chi connectivity index (χ0) is 14.9. The van der Waals surface area contributed by atoms with Gasteiger partial charge in [-0.3, -0.25) is 0 Å². The minimum Gasteiger partial charge on any atom is -0.496 e. The summed E-state index contributed by atoms with van der Waals surface area (Å²) in [4.78, 5) is 0. The van der Waals surface area contributed by atoms with Crippen LogP contribution >= 0.6 is 15.9 Å². The van der Waals surface area contributed by atoms with Gasteiger partial charge < -0.3 is 9.84 Å². The van der Waals surface area contributed by atoms with E-state index in [-0.39, 0.29) is 21.3 Å². The Morgan fingerprint density at radius 2 is 1.65 bits per heavy atom. The molecule has 0 aromatic heterocycles. The van der Waals surface area contributed by atoms with Gasteiger partial charge in [-0.1, -0.05) is 0 Å². The molecule has 2 nitrogen and oxygen atoms in total. The lowest BCUT2D eigenvalue weighted by Crippen LogP contribution is -2.04. The van der Waals surface area contributed by atoms with Crippen molar-refractivity contribution >= 4 is 15.9 Å². The molecule has 106 valence electrons. The fourth-order valence-corrected chi connectivity index (χ4v) is 2.21. The van der Waals surface area contributed by atoms with Crippen molar-refractivity contribution in [3.63, 3.8) is 0 Å². The predicted octanol–water partition coefficient (Wildman–Crippen LogP) is 3.96. The lowest BCUT2D eigenvalue weighted by atomic mass is 10.0. The fraction of sp³-hybridized carbons (Fsp3) is 0.143. The summed E-state index contributed by atoms with van der Waals surface area (Å²) in [5, 5.41) is 10.2. The first-order valence-corrected chi connectivity index (χ1v) is 6.38. The molecule has 0 spiro atoms. The Bertz CT molecular complexity index is 626. The molecule has 0 aliphatic heterocycles. The SMILES string of the molecule is COc1cc(F)c(Br)cc1C(O)c1cc(F)cc(F)c1. The number of halogens is 4. The van der Waals surface area contributed by atoms with E-state index in [0.29, 0.717) is 6.07 Å². The Morgan fingerprint density at radius 3 is 2.20 bits per heavy atom. The highest BCUT2D eigenvalue weighted by atomic mass is 79.9. The van der Waals surface area contributed by atoms with Crippen molar-refractivity contribution < 1.29 is 23.0 Å². The maximum Gasteiger partial charge on any atom is 0.141 e. The van der Waals surface area contributed by atoms with Crippen LogP contribution in [-0.2, 0) is 0 Å². The van der Waals surface area contributed by atoms with Gasteiger partial charge in [-0.25, -0.2) is 13.2 Å². The van der Waals surface area contributed by atoms with Gasteiger partial charge in [0, 0.05) is 17.7 Å². The third-order valence-electron chi connectivity index (χ3n) is 2.77. The van der Waals surface area contributed by atoms with Crippen molar-refractivity contribution in [1.82, 2.24) is 0 Å². The van der Waals surface area contributed by atoms with Crippen molar-refractivity contribution in [2.24, 2.45) is 0 Å². The molecule has 0 saturated heterocycles. The maximum atomic E-state index is 13.4. The highest BCUT2D eigenvalue weighted by Gasteiger charge is 2.19. The van der Waals surface area contributed by atoms with Crippen LogP contribution in [0.4, 0.5) is 13.2 Å². The largest absolute Gasteiger partial charge is 0.496 e. The van der Waals surface area contributed by atoms with E-state index in [4.69, 9.17) is 4.74 Å². The van der Waals surface area contributed by atoms with Crippen LogP contribution in [0.25, 0.3) is 0 Å². The van der Waals surface area contributed by atoms with E-state index < -0.39 is 23.6 Å². The Balaban J connectivity index is 2.52. The molecule has 1 N–H and O–H groups in total. The van der Waals surface area contributed by atoms with Crippen LogP contribution in [0.3, 0.4) is 0 Å². The Morgan fingerprint density at radius 1 is 1.05 bits per heavy atom. The third-order valence-corrected chi connectivity index (χ3v) is 3.38. The van der Waals surface area contributed by atoms with Gasteiger partial charge in [0.2, 0.25) is 0 Å². The molecular weight excluding hydrogens is 337 g/mol. The van der Waals surface area contributed by atoms with E-state index in [9.17, 15) is 18.3 Å². The summed E-state index contributed by atoms with van der Waals surface area (Å²) in [5.74, 6) is -2.09. The van der Waals surface area contributed by atoms with E-state index in [1.165, 1.54) is 13.2 Å². The predicted molar refractivity (Wildman–Crippen MR) is 71.1 cm³/mol. The summed E-state index contributed by atoms with van der Waals surface area (Å²) in [6.07, 6.45) is -1.34. The van der Waals surface area contributed by atoms with Gasteiger partial charge in [-0.15, -0.1) is 0 Å². The fourth-order valence-electron chi connectivity index (χ4n) is 1.85. The molecule has 0 radical (unpaired) electrons. The monoisotopic (exact) mass is 346 g/mol. The summed E-state index contributed by atoms with van der Waals surface area (Å²) < 4.78 is 44.9. The zero-order valence-corrected chi connectivity index (χ0v) is 11.9. The number of hydrogen-bond donors (Lipinski definition) is 1. The average Bonchev–Trinajstić information content (AvgIpc) is 2.39. The van der Waals surface area contributed by atoms with Crippen LogP contribution in [0.15, 0.2) is 34.8 Å². The zero-order valence-electron chi connectivity index (χ0n) is 10.3. The van der Waals surface area contributed by atoms with E-state index in [2.05, 4.69) is 15.9 Å². The van der Waals surface area contributed by atoms with Gasteiger partial charge in [0.15, 0.2) is 0 Å². The Kier molecular flexibility index (Phi) is 4.35. The second kappa shape index (κ2) is 5.85. The summed E-state index contributed by atoms with van der Waals surface area (Å²) in [6.45, 7) is 0. The molecule has 0 aliphatic rings. The number of aliphatic hydroxyl groups excluding tert-OH is 1. The van der Waals surface area contributed by atoms with E-state index in [0.717, 1.165) is 18.2 Å². The quantitative estimate of drug-likeness (QED) is 0.911. The third kappa shape index (κ3) is 2.96. The van der Waals surface area contributed by atoms with Crippen LogP contribution in [0.2, 0.25) is 0 Å². The van der Waals surface area contributed by atoms with E-state index >= 15 is 0 Å². The van der Waals surface area contributed by atoms with Crippen LogP contribution in [-0.4, -0.2) is 12.2 Å². The standard InChI is InChI=1S/C14H10BrF3O2/c1-20-13-6-12(18)11(15)5-10(13)14(19)7-2-8(16)4-9(17)3-7/h2-6,14,19H,1H3. The first-order valence-electron chi connectivity index (χ1n) is 5.59. The molecule has 6 heteroatoms. The number of aliphatic hydroxyl groups is 1. The molecule has 0 fully saturated rings. The van der Waals surface area contributed by atoms with Crippen molar-refractivity contribution in [3.8, 4) is 5.75 Å². The van der Waals surface area contributed by atoms with Crippen molar-refractivity contribution in [3.05, 3.63) is 63.4 Å². The van der Waals surface area contributed by atoms with Crippen LogP contribution in [0.1, 0.15) is 17.2 Å². The average molecular weight is 347 g/mol. The van der Waals surface area contributed by atoms with Gasteiger partial charge in [-0.05, 0) is 39.7 Å². The van der Waals surface area contributed by atoms with Crippen molar-refractivity contribution in [2.45, 2.75) is 6.10 Å². The molecule has 2 aromatic rings. The number of methoxy groups -OCH3 is 1. The summed E-state index contributed by atoms with van der Waals surface area (Å²) >= 11 is 2.99. The minimum atomic E-state index is -1.34. The molecule has 1 unspecified atom stereocenters. The molecule has 0 saturated carbocycles. The Hall–Kier alpha value is -1.53. The number of hydrogen-bond acceptors (Lipinski definition) is 2. The number of rotatable bonds is 3. The highest BCUT2D eigenvalue weighted by molar-refractivity contribution is 9.10.